The summed E-state index contributed by atoms with van der Waals surface area (Å²) >= 11 is 0. The Kier molecular flexibility index (Phi) is 4.89. The first kappa shape index (κ1) is 17.0. The number of anilines is 1. The Morgan fingerprint density at radius 1 is 1.27 bits per heavy atom. The number of ether oxygens (including phenoxy) is 1. The molecule has 1 aromatic carbocycles. The minimum absolute atomic E-state index is 0.354. The smallest absolute Gasteiger partial charge is 0.129 e. The Morgan fingerprint density at radius 2 is 2.15 bits per heavy atom. The predicted octanol–water partition coefficient (Wildman–Crippen LogP) is 3.83. The van der Waals surface area contributed by atoms with Crippen molar-refractivity contribution in [1.29, 1.82) is 0 Å². The van der Waals surface area contributed by atoms with Gasteiger partial charge in [0.1, 0.15) is 24.0 Å². The molecule has 0 unspecified atom stereocenters. The Balaban J connectivity index is 1.54. The third-order valence-electron chi connectivity index (χ3n) is 5.02. The van der Waals surface area contributed by atoms with Crippen LogP contribution in [0.3, 0.4) is 0 Å². The zero-order valence-electron chi connectivity index (χ0n) is 15.5. The first-order valence-corrected chi connectivity index (χ1v) is 9.47. The van der Waals surface area contributed by atoms with Crippen LogP contribution in [0.4, 0.5) is 5.82 Å². The van der Waals surface area contributed by atoms with Gasteiger partial charge in [0, 0.05) is 24.7 Å². The molecule has 1 atom stereocenters. The monoisotopic (exact) mass is 350 g/mol. The lowest BCUT2D eigenvalue weighted by Gasteiger charge is -2.27. The van der Waals surface area contributed by atoms with E-state index in [1.165, 1.54) is 17.6 Å². The van der Waals surface area contributed by atoms with E-state index >= 15 is 0 Å². The Hall–Kier alpha value is -2.40. The van der Waals surface area contributed by atoms with Gasteiger partial charge in [0.2, 0.25) is 0 Å². The first-order valence-electron chi connectivity index (χ1n) is 9.47. The molecule has 0 amide bonds. The van der Waals surface area contributed by atoms with Gasteiger partial charge in [0.05, 0.1) is 11.7 Å². The minimum atomic E-state index is 0.354. The summed E-state index contributed by atoms with van der Waals surface area (Å²) in [4.78, 5) is 11.8. The van der Waals surface area contributed by atoms with Gasteiger partial charge in [-0.15, -0.1) is 0 Å². The molecule has 0 radical (unpaired) electrons. The maximum absolute atomic E-state index is 5.93. The van der Waals surface area contributed by atoms with E-state index in [1.54, 1.807) is 0 Å². The number of fused-ring (bicyclic) bond motifs is 1. The highest BCUT2D eigenvalue weighted by Gasteiger charge is 2.29. The fourth-order valence-electron chi connectivity index (χ4n) is 3.90. The average molecular weight is 350 g/mol. The molecule has 4 rings (SSSR count). The number of aryl methyl sites for hydroxylation is 1. The van der Waals surface area contributed by atoms with Gasteiger partial charge in [-0.3, -0.25) is 4.90 Å². The van der Waals surface area contributed by atoms with Crippen molar-refractivity contribution in [2.24, 2.45) is 0 Å². The number of nitrogens with one attached hydrogen (secondary N) is 1. The molecule has 1 fully saturated rings. The summed E-state index contributed by atoms with van der Waals surface area (Å²) in [5.74, 6) is 2.74. The van der Waals surface area contributed by atoms with E-state index in [-0.39, 0.29) is 0 Å². The molecule has 1 N–H and O–H groups in total. The number of rotatable bonds is 5. The standard InChI is InChI=1S/C21H26N4O/c1-3-22-21-12-18(23-15(2)24-21)19-8-6-10-25(19)13-16-11-17-7-4-5-9-20(17)26-14-16/h4-5,7,9,11-12,19H,3,6,8,10,13-14H2,1-2H3,(H,22,23,24)/t19-/m0/s1. The lowest BCUT2D eigenvalue weighted by Crippen LogP contribution is -2.28. The van der Waals surface area contributed by atoms with E-state index in [4.69, 9.17) is 9.72 Å². The third kappa shape index (κ3) is 3.58. The lowest BCUT2D eigenvalue weighted by molar-refractivity contribution is 0.256. The molecule has 0 spiro atoms. The van der Waals surface area contributed by atoms with Crippen molar-refractivity contribution in [2.45, 2.75) is 32.7 Å². The largest absolute Gasteiger partial charge is 0.489 e. The lowest BCUT2D eigenvalue weighted by atomic mass is 10.1. The highest BCUT2D eigenvalue weighted by Crippen LogP contribution is 2.34. The van der Waals surface area contributed by atoms with Crippen LogP contribution in [0.15, 0.2) is 35.9 Å². The molecule has 2 aromatic rings. The van der Waals surface area contributed by atoms with Crippen LogP contribution in [0.25, 0.3) is 6.08 Å². The van der Waals surface area contributed by atoms with Crippen molar-refractivity contribution in [1.82, 2.24) is 14.9 Å². The molecule has 5 heteroatoms. The Labute approximate surface area is 155 Å². The highest BCUT2D eigenvalue weighted by atomic mass is 16.5. The molecule has 5 nitrogen and oxygen atoms in total. The zero-order chi connectivity index (χ0) is 17.9. The van der Waals surface area contributed by atoms with E-state index in [0.717, 1.165) is 49.1 Å². The quantitative estimate of drug-likeness (QED) is 0.888. The molecule has 2 aliphatic heterocycles. The van der Waals surface area contributed by atoms with Crippen molar-refractivity contribution >= 4 is 11.9 Å². The van der Waals surface area contributed by atoms with E-state index in [0.29, 0.717) is 12.6 Å². The number of hydrogen-bond donors (Lipinski definition) is 1. The SMILES string of the molecule is CCNc1cc([C@@H]2CCCN2CC2=Cc3ccccc3OC2)nc(C)n1. The molecule has 2 aliphatic rings. The summed E-state index contributed by atoms with van der Waals surface area (Å²) in [5.41, 5.74) is 3.63. The summed E-state index contributed by atoms with van der Waals surface area (Å²) in [6.45, 7) is 7.63. The molecule has 0 saturated carbocycles. The number of benzene rings is 1. The maximum atomic E-state index is 5.93. The summed E-state index contributed by atoms with van der Waals surface area (Å²) < 4.78 is 5.93. The fraction of sp³-hybridized carbons (Fsp3) is 0.429. The molecule has 1 aromatic heterocycles. The van der Waals surface area contributed by atoms with Crippen molar-refractivity contribution in [3.63, 3.8) is 0 Å². The van der Waals surface area contributed by atoms with E-state index in [9.17, 15) is 0 Å². The number of nitrogens with zero attached hydrogens (tertiary/aromatic N) is 3. The minimum Gasteiger partial charge on any atom is -0.489 e. The molecule has 1 saturated heterocycles. The fourth-order valence-corrected chi connectivity index (χ4v) is 3.90. The van der Waals surface area contributed by atoms with Crippen LogP contribution in [-0.4, -0.2) is 41.1 Å². The molecule has 0 aliphatic carbocycles. The summed E-state index contributed by atoms with van der Waals surface area (Å²) in [5, 5.41) is 3.32. The predicted molar refractivity (Wildman–Crippen MR) is 104 cm³/mol. The third-order valence-corrected chi connectivity index (χ3v) is 5.02. The Morgan fingerprint density at radius 3 is 3.04 bits per heavy atom. The van der Waals surface area contributed by atoms with Crippen LogP contribution in [-0.2, 0) is 0 Å². The van der Waals surface area contributed by atoms with Gasteiger partial charge >= 0.3 is 0 Å². The van der Waals surface area contributed by atoms with Gasteiger partial charge < -0.3 is 10.1 Å². The average Bonchev–Trinajstić information content (AvgIpc) is 3.09. The van der Waals surface area contributed by atoms with Crippen LogP contribution < -0.4 is 10.1 Å². The second kappa shape index (κ2) is 7.46. The van der Waals surface area contributed by atoms with Gasteiger partial charge in [-0.2, -0.15) is 0 Å². The van der Waals surface area contributed by atoms with Gasteiger partial charge in [-0.25, -0.2) is 9.97 Å². The van der Waals surface area contributed by atoms with Crippen molar-refractivity contribution in [2.75, 3.05) is 31.6 Å². The summed E-state index contributed by atoms with van der Waals surface area (Å²) in [7, 11) is 0. The number of para-hydroxylation sites is 1. The number of hydrogen-bond acceptors (Lipinski definition) is 5. The zero-order valence-corrected chi connectivity index (χ0v) is 15.5. The van der Waals surface area contributed by atoms with Crippen molar-refractivity contribution in [3.05, 3.63) is 53.0 Å². The molecule has 0 bridgehead atoms. The topological polar surface area (TPSA) is 50.3 Å². The van der Waals surface area contributed by atoms with Crippen LogP contribution in [0.5, 0.6) is 5.75 Å². The van der Waals surface area contributed by atoms with Gasteiger partial charge in [0.25, 0.3) is 0 Å². The maximum Gasteiger partial charge on any atom is 0.129 e. The molecule has 26 heavy (non-hydrogen) atoms. The summed E-state index contributed by atoms with van der Waals surface area (Å²) in [6, 6.07) is 10.7. The van der Waals surface area contributed by atoms with Crippen LogP contribution >= 0.6 is 0 Å². The molecule has 136 valence electrons. The van der Waals surface area contributed by atoms with E-state index in [1.807, 2.05) is 19.1 Å². The van der Waals surface area contributed by atoms with Crippen LogP contribution in [0, 0.1) is 6.92 Å². The van der Waals surface area contributed by atoms with Gasteiger partial charge in [-0.05, 0) is 50.9 Å². The van der Waals surface area contributed by atoms with Gasteiger partial charge in [0.15, 0.2) is 0 Å². The second-order valence-electron chi connectivity index (χ2n) is 7.01. The van der Waals surface area contributed by atoms with Crippen LogP contribution in [0.2, 0.25) is 0 Å². The molecular weight excluding hydrogens is 324 g/mol. The molecule has 3 heterocycles. The van der Waals surface area contributed by atoms with Crippen molar-refractivity contribution in [3.8, 4) is 5.75 Å². The van der Waals surface area contributed by atoms with E-state index < -0.39 is 0 Å². The molecular formula is C21H26N4O. The van der Waals surface area contributed by atoms with Gasteiger partial charge in [-0.1, -0.05) is 18.2 Å². The Bertz CT molecular complexity index is 817. The van der Waals surface area contributed by atoms with Crippen molar-refractivity contribution < 1.29 is 4.74 Å². The number of aromatic nitrogens is 2. The normalized spacial score (nSPS) is 19.6. The van der Waals surface area contributed by atoms with Crippen LogP contribution in [0.1, 0.15) is 42.9 Å². The second-order valence-corrected chi connectivity index (χ2v) is 7.01. The van der Waals surface area contributed by atoms with E-state index in [2.05, 4.69) is 46.4 Å². The first-order chi connectivity index (χ1) is 12.7. The number of likely N-dealkylation sites (tertiary alicyclic amines) is 1. The summed E-state index contributed by atoms with van der Waals surface area (Å²) in [6.07, 6.45) is 4.63. The highest BCUT2D eigenvalue weighted by molar-refractivity contribution is 5.62.